The maximum absolute atomic E-state index is 4.14. The van der Waals surface area contributed by atoms with Crippen LogP contribution in [0.5, 0.6) is 0 Å². The molecule has 0 aromatic carbocycles. The van der Waals surface area contributed by atoms with Gasteiger partial charge in [0.25, 0.3) is 0 Å². The molecule has 2 atom stereocenters. The van der Waals surface area contributed by atoms with E-state index < -0.39 is 0 Å². The zero-order chi connectivity index (χ0) is 9.26. The number of rotatable bonds is 3. The van der Waals surface area contributed by atoms with E-state index in [0.717, 1.165) is 17.6 Å². The Hall–Kier alpha value is -1.32. The zero-order valence-corrected chi connectivity index (χ0v) is 7.91. The second-order valence-corrected chi connectivity index (χ2v) is 3.50. The second-order valence-electron chi connectivity index (χ2n) is 3.50. The predicted molar refractivity (Wildman–Crippen MR) is 52.8 cm³/mol. The van der Waals surface area contributed by atoms with Crippen LogP contribution in [0.4, 0.5) is 11.6 Å². The monoisotopic (exact) mass is 178 g/mol. The van der Waals surface area contributed by atoms with Gasteiger partial charge in [0.05, 0.1) is 0 Å². The molecule has 70 valence electrons. The van der Waals surface area contributed by atoms with Crippen LogP contribution in [0.1, 0.15) is 13.3 Å². The van der Waals surface area contributed by atoms with Crippen LogP contribution in [0.2, 0.25) is 0 Å². The molecule has 1 aromatic heterocycles. The average molecular weight is 178 g/mol. The number of hydrogen-bond donors (Lipinski definition) is 2. The van der Waals surface area contributed by atoms with Crippen molar-refractivity contribution in [1.29, 1.82) is 0 Å². The molecule has 0 radical (unpaired) electrons. The number of aromatic nitrogens is 2. The molecule has 1 aliphatic carbocycles. The van der Waals surface area contributed by atoms with Crippen molar-refractivity contribution in [1.82, 2.24) is 9.97 Å². The van der Waals surface area contributed by atoms with E-state index in [0.29, 0.717) is 6.04 Å². The van der Waals surface area contributed by atoms with Gasteiger partial charge < -0.3 is 10.6 Å². The van der Waals surface area contributed by atoms with Gasteiger partial charge in [0.15, 0.2) is 0 Å². The third-order valence-corrected chi connectivity index (χ3v) is 2.37. The lowest BCUT2D eigenvalue weighted by molar-refractivity contribution is 0.922. The van der Waals surface area contributed by atoms with E-state index in [9.17, 15) is 0 Å². The van der Waals surface area contributed by atoms with E-state index in [-0.39, 0.29) is 0 Å². The van der Waals surface area contributed by atoms with Gasteiger partial charge in [-0.15, -0.1) is 0 Å². The minimum atomic E-state index is 0.611. The normalized spacial score (nSPS) is 25.4. The first-order valence-corrected chi connectivity index (χ1v) is 4.56. The highest BCUT2D eigenvalue weighted by Gasteiger charge is 2.32. The Balaban J connectivity index is 2.03. The Morgan fingerprint density at radius 2 is 2.08 bits per heavy atom. The lowest BCUT2D eigenvalue weighted by Crippen LogP contribution is -2.06. The van der Waals surface area contributed by atoms with Crippen molar-refractivity contribution in [3.05, 3.63) is 12.4 Å². The van der Waals surface area contributed by atoms with Crippen molar-refractivity contribution in [3.63, 3.8) is 0 Å². The minimum absolute atomic E-state index is 0.611. The van der Waals surface area contributed by atoms with Gasteiger partial charge in [-0.05, 0) is 12.3 Å². The van der Waals surface area contributed by atoms with E-state index >= 15 is 0 Å². The summed E-state index contributed by atoms with van der Waals surface area (Å²) in [7, 11) is 1.85. The number of hydrogen-bond acceptors (Lipinski definition) is 4. The summed E-state index contributed by atoms with van der Waals surface area (Å²) in [4.78, 5) is 8.18. The first kappa shape index (κ1) is 8.29. The molecule has 0 spiro atoms. The van der Waals surface area contributed by atoms with Crippen LogP contribution in [0.25, 0.3) is 0 Å². The summed E-state index contributed by atoms with van der Waals surface area (Å²) in [6.45, 7) is 2.23. The molecular formula is C9H14N4. The van der Waals surface area contributed by atoms with Crippen LogP contribution < -0.4 is 10.6 Å². The summed E-state index contributed by atoms with van der Waals surface area (Å²) >= 11 is 0. The van der Waals surface area contributed by atoms with E-state index in [1.807, 2.05) is 13.1 Å². The number of anilines is 2. The molecule has 13 heavy (non-hydrogen) atoms. The smallest absolute Gasteiger partial charge is 0.131 e. The highest BCUT2D eigenvalue weighted by molar-refractivity contribution is 5.47. The predicted octanol–water partition coefficient (Wildman–Crippen LogP) is 1.34. The molecular weight excluding hydrogens is 164 g/mol. The molecule has 0 saturated heterocycles. The van der Waals surface area contributed by atoms with Gasteiger partial charge in [0.1, 0.15) is 18.0 Å². The molecule has 0 bridgehead atoms. The summed E-state index contributed by atoms with van der Waals surface area (Å²) < 4.78 is 0. The highest BCUT2D eigenvalue weighted by Crippen LogP contribution is 2.32. The molecule has 4 heteroatoms. The lowest BCUT2D eigenvalue weighted by atomic mass is 10.4. The fourth-order valence-electron chi connectivity index (χ4n) is 1.29. The summed E-state index contributed by atoms with van der Waals surface area (Å²) in [6.07, 6.45) is 2.82. The van der Waals surface area contributed by atoms with Gasteiger partial charge in [-0.1, -0.05) is 6.92 Å². The maximum Gasteiger partial charge on any atom is 0.131 e. The Bertz CT molecular complexity index is 299. The summed E-state index contributed by atoms with van der Waals surface area (Å²) in [6, 6.07) is 2.53. The van der Waals surface area contributed by atoms with Gasteiger partial charge in [-0.3, -0.25) is 0 Å². The largest absolute Gasteiger partial charge is 0.373 e. The molecule has 1 aliphatic rings. The average Bonchev–Trinajstić information content (AvgIpc) is 2.82. The van der Waals surface area contributed by atoms with Gasteiger partial charge in [0, 0.05) is 19.2 Å². The van der Waals surface area contributed by atoms with Crippen LogP contribution in [-0.2, 0) is 0 Å². The molecule has 4 nitrogen and oxygen atoms in total. The molecule has 1 saturated carbocycles. The van der Waals surface area contributed by atoms with E-state index in [4.69, 9.17) is 0 Å². The fraction of sp³-hybridized carbons (Fsp3) is 0.556. The van der Waals surface area contributed by atoms with Crippen LogP contribution in [0.3, 0.4) is 0 Å². The van der Waals surface area contributed by atoms with Crippen molar-refractivity contribution < 1.29 is 0 Å². The third kappa shape index (κ3) is 1.88. The van der Waals surface area contributed by atoms with Gasteiger partial charge in [-0.25, -0.2) is 9.97 Å². The Morgan fingerprint density at radius 3 is 2.69 bits per heavy atom. The first-order valence-electron chi connectivity index (χ1n) is 4.56. The fourth-order valence-corrected chi connectivity index (χ4v) is 1.29. The zero-order valence-electron chi connectivity index (χ0n) is 7.91. The summed E-state index contributed by atoms with van der Waals surface area (Å²) in [5.41, 5.74) is 0. The van der Waals surface area contributed by atoms with Crippen LogP contribution >= 0.6 is 0 Å². The van der Waals surface area contributed by atoms with Crippen LogP contribution in [-0.4, -0.2) is 23.1 Å². The van der Waals surface area contributed by atoms with Crippen LogP contribution in [0, 0.1) is 5.92 Å². The SMILES string of the molecule is CNc1cc(NC2CC2C)ncn1. The van der Waals surface area contributed by atoms with Crippen LogP contribution in [0.15, 0.2) is 12.4 Å². The molecule has 2 N–H and O–H groups in total. The quantitative estimate of drug-likeness (QED) is 0.733. The maximum atomic E-state index is 4.14. The van der Waals surface area contributed by atoms with Gasteiger partial charge in [0.2, 0.25) is 0 Å². The Kier molecular flexibility index (Phi) is 2.04. The molecule has 0 amide bonds. The number of nitrogens with one attached hydrogen (secondary N) is 2. The molecule has 1 aromatic rings. The summed E-state index contributed by atoms with van der Waals surface area (Å²) in [5.74, 6) is 2.55. The first-order chi connectivity index (χ1) is 6.29. The molecule has 2 rings (SSSR count). The van der Waals surface area contributed by atoms with Crippen molar-refractivity contribution in [2.45, 2.75) is 19.4 Å². The second kappa shape index (κ2) is 3.20. The molecule has 2 unspecified atom stereocenters. The Labute approximate surface area is 77.8 Å². The highest BCUT2D eigenvalue weighted by atomic mass is 15.1. The van der Waals surface area contributed by atoms with E-state index in [1.165, 1.54) is 6.42 Å². The summed E-state index contributed by atoms with van der Waals surface area (Å²) in [5, 5.41) is 6.33. The van der Waals surface area contributed by atoms with Crippen molar-refractivity contribution in [2.24, 2.45) is 5.92 Å². The van der Waals surface area contributed by atoms with E-state index in [1.54, 1.807) is 6.33 Å². The van der Waals surface area contributed by atoms with Gasteiger partial charge >= 0.3 is 0 Å². The number of nitrogens with zero attached hydrogens (tertiary/aromatic N) is 2. The topological polar surface area (TPSA) is 49.8 Å². The van der Waals surface area contributed by atoms with Gasteiger partial charge in [-0.2, -0.15) is 0 Å². The standard InChI is InChI=1S/C9H14N4/c1-6-3-7(6)13-9-4-8(10-2)11-5-12-9/h4-7H,3H2,1-2H3,(H2,10,11,12,13). The molecule has 1 fully saturated rings. The van der Waals surface area contributed by atoms with Crippen molar-refractivity contribution >= 4 is 11.6 Å². The minimum Gasteiger partial charge on any atom is -0.373 e. The lowest BCUT2D eigenvalue weighted by Gasteiger charge is -2.04. The molecule has 1 heterocycles. The third-order valence-electron chi connectivity index (χ3n) is 2.37. The molecule has 0 aliphatic heterocycles. The van der Waals surface area contributed by atoms with Crippen molar-refractivity contribution in [2.75, 3.05) is 17.7 Å². The van der Waals surface area contributed by atoms with E-state index in [2.05, 4.69) is 27.5 Å². The Morgan fingerprint density at radius 1 is 1.38 bits per heavy atom. The van der Waals surface area contributed by atoms with Crippen molar-refractivity contribution in [3.8, 4) is 0 Å².